The Hall–Kier alpha value is -4.82. The lowest BCUT2D eigenvalue weighted by atomic mass is 10.00. The number of hydrogen-bond acceptors (Lipinski definition) is 0. The maximum atomic E-state index is 2.49. The first kappa shape index (κ1) is 19.5. The number of fused-ring (bicyclic) bond motifs is 8. The fourth-order valence-electron chi connectivity index (χ4n) is 5.95. The summed E-state index contributed by atoms with van der Waals surface area (Å²) in [5.41, 5.74) is 6.07. The van der Waals surface area contributed by atoms with Gasteiger partial charge in [0.25, 0.3) is 0 Å². The minimum absolute atomic E-state index is 1.17. The van der Waals surface area contributed by atoms with Crippen LogP contribution in [0, 0.1) is 0 Å². The maximum Gasteiger partial charge on any atom is 0.0788 e. The minimum Gasteiger partial charge on any atom is -0.315 e. The smallest absolute Gasteiger partial charge is 0.0788 e. The molecule has 2 aromatic heterocycles. The van der Waals surface area contributed by atoms with Crippen LogP contribution in [-0.2, 0) is 0 Å². The van der Waals surface area contributed by atoms with Gasteiger partial charge in [0.05, 0.1) is 22.2 Å². The van der Waals surface area contributed by atoms with E-state index in [4.69, 9.17) is 0 Å². The van der Waals surface area contributed by atoms with Crippen molar-refractivity contribution in [2.45, 2.75) is 0 Å². The molecule has 0 aliphatic rings. The average Bonchev–Trinajstić information content (AvgIpc) is 3.52. The number of hydrogen-bond donors (Lipinski definition) is 0. The van der Waals surface area contributed by atoms with Crippen LogP contribution >= 0.6 is 0 Å². The van der Waals surface area contributed by atoms with Gasteiger partial charge in [-0.05, 0) is 46.5 Å². The van der Waals surface area contributed by atoms with Crippen molar-refractivity contribution in [2.75, 3.05) is 0 Å². The van der Waals surface area contributed by atoms with Gasteiger partial charge in [0.2, 0.25) is 0 Å². The fraction of sp³-hybridized carbons (Fsp3) is 0. The quantitative estimate of drug-likeness (QED) is 0.229. The predicted octanol–water partition coefficient (Wildman–Crippen LogP) is 9.03. The van der Waals surface area contributed by atoms with Gasteiger partial charge >= 0.3 is 0 Å². The zero-order valence-electron chi connectivity index (χ0n) is 19.6. The normalized spacial score (nSPS) is 11.9. The molecule has 168 valence electrons. The Morgan fingerprint density at radius 2 is 1.11 bits per heavy atom. The Morgan fingerprint density at radius 1 is 0.417 bits per heavy atom. The lowest BCUT2D eigenvalue weighted by molar-refractivity contribution is 1.12. The van der Waals surface area contributed by atoms with E-state index in [1.165, 1.54) is 65.6 Å². The summed E-state index contributed by atoms with van der Waals surface area (Å²) in [6.07, 6.45) is 2.19. The lowest BCUT2D eigenvalue weighted by Crippen LogP contribution is -1.99. The van der Waals surface area contributed by atoms with Gasteiger partial charge in [-0.25, -0.2) is 0 Å². The standard InChI is InChI=1S/C34H22N2/c1-2-11-25(12-3-1)35-21-20-23-18-19-30-29-16-8-9-17-31(29)36(34(30)33(23)35)32-22-24-10-4-5-13-26(24)27-14-6-7-15-28(27)32/h1-22H. The summed E-state index contributed by atoms with van der Waals surface area (Å²) in [6, 6.07) is 46.1. The van der Waals surface area contributed by atoms with E-state index in [0.29, 0.717) is 0 Å². The van der Waals surface area contributed by atoms with Gasteiger partial charge in [-0.1, -0.05) is 97.1 Å². The second-order valence-electron chi connectivity index (χ2n) is 9.44. The Labute approximate surface area is 208 Å². The molecule has 8 aromatic rings. The number of rotatable bonds is 2. The number of nitrogens with zero attached hydrogens (tertiary/aromatic N) is 2. The van der Waals surface area contributed by atoms with Crippen LogP contribution in [-0.4, -0.2) is 9.13 Å². The van der Waals surface area contributed by atoms with Crippen LogP contribution in [0.2, 0.25) is 0 Å². The highest BCUT2D eigenvalue weighted by molar-refractivity contribution is 6.20. The molecule has 36 heavy (non-hydrogen) atoms. The van der Waals surface area contributed by atoms with Crippen LogP contribution in [0.15, 0.2) is 134 Å². The molecular weight excluding hydrogens is 436 g/mol. The SMILES string of the molecule is c1ccc(-n2ccc3ccc4c5ccccc5n(-c5cc6ccccc6c6ccccc56)c4c32)cc1. The highest BCUT2D eigenvalue weighted by atomic mass is 15.0. The molecule has 2 heterocycles. The van der Waals surface area contributed by atoms with Crippen molar-refractivity contribution in [1.82, 2.24) is 9.13 Å². The highest BCUT2D eigenvalue weighted by Gasteiger charge is 2.19. The number of para-hydroxylation sites is 2. The first-order valence-corrected chi connectivity index (χ1v) is 12.4. The second-order valence-corrected chi connectivity index (χ2v) is 9.44. The average molecular weight is 459 g/mol. The minimum atomic E-state index is 1.17. The van der Waals surface area contributed by atoms with Crippen molar-refractivity contribution < 1.29 is 0 Å². The number of benzene rings is 6. The van der Waals surface area contributed by atoms with Gasteiger partial charge in [0, 0.05) is 33.4 Å². The molecule has 2 heteroatoms. The molecule has 2 nitrogen and oxygen atoms in total. The summed E-state index contributed by atoms with van der Waals surface area (Å²) in [5.74, 6) is 0. The van der Waals surface area contributed by atoms with Gasteiger partial charge in [-0.2, -0.15) is 0 Å². The molecule has 0 aliphatic heterocycles. The summed E-state index contributed by atoms with van der Waals surface area (Å²) < 4.78 is 4.82. The third-order valence-electron chi connectivity index (χ3n) is 7.51. The molecule has 0 spiro atoms. The predicted molar refractivity (Wildman–Crippen MR) is 153 cm³/mol. The van der Waals surface area contributed by atoms with Crippen LogP contribution < -0.4 is 0 Å². The first-order valence-electron chi connectivity index (χ1n) is 12.4. The molecule has 6 aromatic carbocycles. The van der Waals surface area contributed by atoms with Crippen LogP contribution in [0.3, 0.4) is 0 Å². The maximum absolute atomic E-state index is 2.49. The molecule has 0 atom stereocenters. The molecular formula is C34H22N2. The van der Waals surface area contributed by atoms with E-state index in [1.807, 2.05) is 0 Å². The lowest BCUT2D eigenvalue weighted by Gasteiger charge is -2.15. The van der Waals surface area contributed by atoms with Gasteiger partial charge in [-0.3, -0.25) is 0 Å². The summed E-state index contributed by atoms with van der Waals surface area (Å²) in [4.78, 5) is 0. The molecule has 0 saturated carbocycles. The Kier molecular flexibility index (Phi) is 3.97. The molecule has 0 bridgehead atoms. The van der Waals surface area contributed by atoms with Crippen molar-refractivity contribution >= 4 is 54.3 Å². The Balaban J connectivity index is 1.63. The summed E-state index contributed by atoms with van der Waals surface area (Å²) in [5, 5.41) is 8.85. The van der Waals surface area contributed by atoms with Crippen molar-refractivity contribution in [3.05, 3.63) is 134 Å². The fourth-order valence-corrected chi connectivity index (χ4v) is 5.95. The number of aromatic nitrogens is 2. The molecule has 0 N–H and O–H groups in total. The van der Waals surface area contributed by atoms with E-state index in [9.17, 15) is 0 Å². The largest absolute Gasteiger partial charge is 0.315 e. The molecule has 0 unspecified atom stereocenters. The van der Waals surface area contributed by atoms with Gasteiger partial charge in [0.1, 0.15) is 0 Å². The van der Waals surface area contributed by atoms with Crippen molar-refractivity contribution in [2.24, 2.45) is 0 Å². The van der Waals surface area contributed by atoms with Gasteiger partial charge in [0.15, 0.2) is 0 Å². The zero-order valence-corrected chi connectivity index (χ0v) is 19.6. The van der Waals surface area contributed by atoms with E-state index in [1.54, 1.807) is 0 Å². The van der Waals surface area contributed by atoms with Crippen LogP contribution in [0.1, 0.15) is 0 Å². The third-order valence-corrected chi connectivity index (χ3v) is 7.51. The van der Waals surface area contributed by atoms with Crippen molar-refractivity contribution in [3.63, 3.8) is 0 Å². The molecule has 0 fully saturated rings. The van der Waals surface area contributed by atoms with E-state index in [2.05, 4.69) is 143 Å². The summed E-state index contributed by atoms with van der Waals surface area (Å²) in [7, 11) is 0. The van der Waals surface area contributed by atoms with E-state index in [-0.39, 0.29) is 0 Å². The van der Waals surface area contributed by atoms with Crippen LogP contribution in [0.4, 0.5) is 0 Å². The van der Waals surface area contributed by atoms with E-state index >= 15 is 0 Å². The monoisotopic (exact) mass is 458 g/mol. The van der Waals surface area contributed by atoms with Crippen LogP contribution in [0.25, 0.3) is 65.6 Å². The third kappa shape index (κ3) is 2.61. The van der Waals surface area contributed by atoms with Crippen molar-refractivity contribution in [3.8, 4) is 11.4 Å². The highest BCUT2D eigenvalue weighted by Crippen LogP contribution is 2.40. The van der Waals surface area contributed by atoms with Gasteiger partial charge < -0.3 is 9.13 Å². The molecule has 8 rings (SSSR count). The van der Waals surface area contributed by atoms with E-state index < -0.39 is 0 Å². The Morgan fingerprint density at radius 3 is 1.97 bits per heavy atom. The first-order chi connectivity index (χ1) is 17.9. The molecule has 0 amide bonds. The van der Waals surface area contributed by atoms with Crippen LogP contribution in [0.5, 0.6) is 0 Å². The summed E-state index contributed by atoms with van der Waals surface area (Å²) in [6.45, 7) is 0. The molecule has 0 aliphatic carbocycles. The van der Waals surface area contributed by atoms with E-state index in [0.717, 1.165) is 0 Å². The summed E-state index contributed by atoms with van der Waals surface area (Å²) >= 11 is 0. The molecule has 0 saturated heterocycles. The topological polar surface area (TPSA) is 9.86 Å². The zero-order chi connectivity index (χ0) is 23.6. The molecule has 0 radical (unpaired) electrons. The van der Waals surface area contributed by atoms with Crippen molar-refractivity contribution in [1.29, 1.82) is 0 Å². The Bertz CT molecular complexity index is 2090. The second kappa shape index (κ2) is 7.34. The van der Waals surface area contributed by atoms with Gasteiger partial charge in [-0.15, -0.1) is 0 Å².